The number of hydrogen-bond donors (Lipinski definition) is 1. The van der Waals surface area contributed by atoms with Gasteiger partial charge in [-0.05, 0) is 12.5 Å². The molecule has 1 saturated heterocycles. The van der Waals surface area contributed by atoms with Gasteiger partial charge in [0.15, 0.2) is 0 Å². The lowest BCUT2D eigenvalue weighted by Crippen LogP contribution is -2.29. The zero-order chi connectivity index (χ0) is 12.7. The molecule has 1 unspecified atom stereocenters. The van der Waals surface area contributed by atoms with Gasteiger partial charge in [-0.15, -0.1) is 0 Å². The van der Waals surface area contributed by atoms with E-state index in [0.717, 1.165) is 16.5 Å². The summed E-state index contributed by atoms with van der Waals surface area (Å²) in [5, 5.41) is 10.5. The van der Waals surface area contributed by atoms with Crippen LogP contribution in [0.15, 0.2) is 30.5 Å². The minimum absolute atomic E-state index is 0.0170. The number of carbonyl (C=O) groups is 1. The van der Waals surface area contributed by atoms with Crippen molar-refractivity contribution in [1.82, 2.24) is 9.47 Å². The molecule has 1 aliphatic rings. The molecule has 0 spiro atoms. The topological polar surface area (TPSA) is 45.5 Å². The number of likely N-dealkylation sites (tertiary alicyclic amines) is 1. The molecule has 1 fully saturated rings. The lowest BCUT2D eigenvalue weighted by molar-refractivity contribution is 0.0766. The third-order valence-corrected chi connectivity index (χ3v) is 3.58. The first kappa shape index (κ1) is 11.3. The number of benzene rings is 1. The van der Waals surface area contributed by atoms with E-state index in [2.05, 4.69) is 0 Å². The van der Waals surface area contributed by atoms with E-state index in [1.165, 1.54) is 0 Å². The number of aliphatic hydroxyl groups excluding tert-OH is 1. The molecule has 2 aromatic rings. The number of aliphatic hydroxyl groups is 1. The van der Waals surface area contributed by atoms with Crippen molar-refractivity contribution in [3.8, 4) is 0 Å². The summed E-state index contributed by atoms with van der Waals surface area (Å²) in [6.45, 7) is 1.09. The van der Waals surface area contributed by atoms with Crippen LogP contribution in [0, 0.1) is 0 Å². The van der Waals surface area contributed by atoms with E-state index in [1.54, 1.807) is 4.90 Å². The second-order valence-corrected chi connectivity index (χ2v) is 4.86. The lowest BCUT2D eigenvalue weighted by atomic mass is 10.1. The van der Waals surface area contributed by atoms with Gasteiger partial charge in [0.05, 0.1) is 11.7 Å². The highest BCUT2D eigenvalue weighted by atomic mass is 16.3. The largest absolute Gasteiger partial charge is 0.391 e. The second-order valence-electron chi connectivity index (χ2n) is 4.86. The third kappa shape index (κ3) is 1.69. The summed E-state index contributed by atoms with van der Waals surface area (Å²) in [4.78, 5) is 14.1. The van der Waals surface area contributed by atoms with Crippen LogP contribution in [0.5, 0.6) is 0 Å². The van der Waals surface area contributed by atoms with E-state index in [1.807, 2.05) is 42.1 Å². The molecule has 2 heterocycles. The van der Waals surface area contributed by atoms with Crippen molar-refractivity contribution in [3.63, 3.8) is 0 Å². The third-order valence-electron chi connectivity index (χ3n) is 3.58. The van der Waals surface area contributed by atoms with Crippen molar-refractivity contribution >= 4 is 16.8 Å². The molecule has 18 heavy (non-hydrogen) atoms. The van der Waals surface area contributed by atoms with Crippen LogP contribution in [0.4, 0.5) is 0 Å². The number of aryl methyl sites for hydroxylation is 1. The van der Waals surface area contributed by atoms with Crippen molar-refractivity contribution < 1.29 is 9.90 Å². The molecular formula is C14H16N2O2. The first-order valence-electron chi connectivity index (χ1n) is 6.18. The van der Waals surface area contributed by atoms with Crippen LogP contribution < -0.4 is 0 Å². The normalized spacial score (nSPS) is 19.7. The number of carbonyl (C=O) groups excluding carboxylic acids is 1. The maximum absolute atomic E-state index is 12.4. The Labute approximate surface area is 105 Å². The summed E-state index contributed by atoms with van der Waals surface area (Å²) in [7, 11) is 1.94. The highest BCUT2D eigenvalue weighted by Gasteiger charge is 2.27. The first-order chi connectivity index (χ1) is 8.66. The molecule has 0 radical (unpaired) electrons. The Morgan fingerprint density at radius 2 is 2.17 bits per heavy atom. The maximum Gasteiger partial charge on any atom is 0.256 e. The lowest BCUT2D eigenvalue weighted by Gasteiger charge is -2.14. The van der Waals surface area contributed by atoms with Crippen molar-refractivity contribution in [3.05, 3.63) is 36.0 Å². The number of para-hydroxylation sites is 1. The van der Waals surface area contributed by atoms with Gasteiger partial charge >= 0.3 is 0 Å². The van der Waals surface area contributed by atoms with Gasteiger partial charge in [-0.2, -0.15) is 0 Å². The minimum atomic E-state index is -0.371. The number of rotatable bonds is 1. The van der Waals surface area contributed by atoms with Gasteiger partial charge in [0.2, 0.25) is 0 Å². The number of aromatic nitrogens is 1. The van der Waals surface area contributed by atoms with Crippen LogP contribution in [0.3, 0.4) is 0 Å². The Kier molecular flexibility index (Phi) is 2.59. The SMILES string of the molecule is Cn1cc(C(=O)N2CCC(O)C2)c2ccccc21. The Bertz CT molecular complexity index is 603. The van der Waals surface area contributed by atoms with Gasteiger partial charge in [0.25, 0.3) is 5.91 Å². The molecule has 1 aromatic carbocycles. The molecule has 3 rings (SSSR count). The Hall–Kier alpha value is -1.81. The van der Waals surface area contributed by atoms with Gasteiger partial charge < -0.3 is 14.6 Å². The van der Waals surface area contributed by atoms with E-state index in [-0.39, 0.29) is 12.0 Å². The molecule has 94 valence electrons. The van der Waals surface area contributed by atoms with E-state index in [9.17, 15) is 9.90 Å². The molecule has 1 atom stereocenters. The maximum atomic E-state index is 12.4. The summed E-state index contributed by atoms with van der Waals surface area (Å²) in [6, 6.07) is 7.88. The fourth-order valence-corrected chi connectivity index (χ4v) is 2.61. The highest BCUT2D eigenvalue weighted by molar-refractivity contribution is 6.07. The standard InChI is InChI=1S/C14H16N2O2/c1-15-9-12(11-4-2-3-5-13(11)15)14(18)16-7-6-10(17)8-16/h2-5,9-10,17H,6-8H2,1H3. The minimum Gasteiger partial charge on any atom is -0.391 e. The molecule has 1 N–H and O–H groups in total. The number of amides is 1. The average molecular weight is 244 g/mol. The fraction of sp³-hybridized carbons (Fsp3) is 0.357. The van der Waals surface area contributed by atoms with Crippen molar-refractivity contribution in [2.75, 3.05) is 13.1 Å². The highest BCUT2D eigenvalue weighted by Crippen LogP contribution is 2.23. The molecule has 1 aliphatic heterocycles. The predicted octanol–water partition coefficient (Wildman–Crippen LogP) is 1.39. The molecule has 1 aromatic heterocycles. The van der Waals surface area contributed by atoms with Gasteiger partial charge in [-0.3, -0.25) is 4.79 Å². The Morgan fingerprint density at radius 1 is 1.39 bits per heavy atom. The summed E-state index contributed by atoms with van der Waals surface area (Å²) >= 11 is 0. The number of fused-ring (bicyclic) bond motifs is 1. The van der Waals surface area contributed by atoms with Crippen LogP contribution in [-0.2, 0) is 7.05 Å². The van der Waals surface area contributed by atoms with E-state index >= 15 is 0 Å². The van der Waals surface area contributed by atoms with Crippen molar-refractivity contribution in [1.29, 1.82) is 0 Å². The Morgan fingerprint density at radius 3 is 2.89 bits per heavy atom. The smallest absolute Gasteiger partial charge is 0.256 e. The summed E-state index contributed by atoms with van der Waals surface area (Å²) in [5.41, 5.74) is 1.78. The zero-order valence-corrected chi connectivity index (χ0v) is 10.3. The van der Waals surface area contributed by atoms with Crippen LogP contribution >= 0.6 is 0 Å². The molecule has 0 bridgehead atoms. The first-order valence-corrected chi connectivity index (χ1v) is 6.18. The van der Waals surface area contributed by atoms with Gasteiger partial charge in [0.1, 0.15) is 0 Å². The molecule has 4 nitrogen and oxygen atoms in total. The molecule has 0 saturated carbocycles. The molecule has 1 amide bonds. The van der Waals surface area contributed by atoms with Crippen LogP contribution in [0.25, 0.3) is 10.9 Å². The number of hydrogen-bond acceptors (Lipinski definition) is 2. The van der Waals surface area contributed by atoms with Gasteiger partial charge in [-0.25, -0.2) is 0 Å². The fourth-order valence-electron chi connectivity index (χ4n) is 2.61. The van der Waals surface area contributed by atoms with Gasteiger partial charge in [-0.1, -0.05) is 18.2 Å². The molecular weight excluding hydrogens is 228 g/mol. The second kappa shape index (κ2) is 4.14. The number of nitrogens with zero attached hydrogens (tertiary/aromatic N) is 2. The van der Waals surface area contributed by atoms with Crippen LogP contribution in [0.2, 0.25) is 0 Å². The van der Waals surface area contributed by atoms with E-state index < -0.39 is 0 Å². The van der Waals surface area contributed by atoms with Gasteiger partial charge in [0, 0.05) is 37.2 Å². The summed E-state index contributed by atoms with van der Waals surface area (Å²) in [6.07, 6.45) is 2.18. The van der Waals surface area contributed by atoms with Crippen molar-refractivity contribution in [2.24, 2.45) is 7.05 Å². The summed E-state index contributed by atoms with van der Waals surface area (Å²) < 4.78 is 1.97. The molecule has 4 heteroatoms. The average Bonchev–Trinajstić information content (AvgIpc) is 2.94. The molecule has 0 aliphatic carbocycles. The summed E-state index contributed by atoms with van der Waals surface area (Å²) in [5.74, 6) is 0.0170. The predicted molar refractivity (Wildman–Crippen MR) is 69.4 cm³/mol. The zero-order valence-electron chi connectivity index (χ0n) is 10.3. The van der Waals surface area contributed by atoms with E-state index in [4.69, 9.17) is 0 Å². The van der Waals surface area contributed by atoms with Crippen molar-refractivity contribution in [2.45, 2.75) is 12.5 Å². The van der Waals surface area contributed by atoms with Crippen LogP contribution in [-0.4, -0.2) is 39.7 Å². The Balaban J connectivity index is 2.02. The number of β-amino-alcohol motifs (C(OH)–C–C–N with tert-alkyl or cyclic N) is 1. The van der Waals surface area contributed by atoms with Crippen LogP contribution in [0.1, 0.15) is 16.8 Å². The van der Waals surface area contributed by atoms with E-state index in [0.29, 0.717) is 19.5 Å². The monoisotopic (exact) mass is 244 g/mol. The quantitative estimate of drug-likeness (QED) is 0.824.